The van der Waals surface area contributed by atoms with Gasteiger partial charge in [-0.15, -0.1) is 11.6 Å². The maximum atomic E-state index is 12.4. The van der Waals surface area contributed by atoms with Gasteiger partial charge in [0.2, 0.25) is 0 Å². The highest BCUT2D eigenvalue weighted by atomic mass is 35.5. The number of halogens is 4. The van der Waals surface area contributed by atoms with Gasteiger partial charge in [0.1, 0.15) is 0 Å². The van der Waals surface area contributed by atoms with Crippen molar-refractivity contribution in [1.82, 2.24) is 0 Å². The first-order chi connectivity index (χ1) is 6.98. The second-order valence-corrected chi connectivity index (χ2v) is 4.33. The molecule has 4 heteroatoms. The Labute approximate surface area is 91.1 Å². The molecule has 0 unspecified atom stereocenters. The average Bonchev–Trinajstić information content (AvgIpc) is 2.99. The summed E-state index contributed by atoms with van der Waals surface area (Å²) in [5.41, 5.74) is -0.0414. The van der Waals surface area contributed by atoms with Gasteiger partial charge < -0.3 is 0 Å². The Hall–Kier alpha value is -0.700. The summed E-state index contributed by atoms with van der Waals surface area (Å²) in [7, 11) is 0. The fourth-order valence-electron chi connectivity index (χ4n) is 1.55. The SMILES string of the molecule is FC(F)(F)c1cccc([C@@H](Cl)C2CC2)c1. The van der Waals surface area contributed by atoms with Crippen molar-refractivity contribution in [1.29, 1.82) is 0 Å². The molecule has 0 N–H and O–H groups in total. The molecule has 0 aliphatic heterocycles. The van der Waals surface area contributed by atoms with E-state index < -0.39 is 11.7 Å². The van der Waals surface area contributed by atoms with Crippen LogP contribution in [-0.4, -0.2) is 0 Å². The Morgan fingerprint density at radius 3 is 2.47 bits per heavy atom. The van der Waals surface area contributed by atoms with Crippen LogP contribution in [0.3, 0.4) is 0 Å². The Morgan fingerprint density at radius 1 is 1.27 bits per heavy atom. The topological polar surface area (TPSA) is 0 Å². The van der Waals surface area contributed by atoms with Gasteiger partial charge >= 0.3 is 6.18 Å². The van der Waals surface area contributed by atoms with Gasteiger partial charge in [-0.1, -0.05) is 18.2 Å². The predicted octanol–water partition coefficient (Wildman–Crippen LogP) is 4.40. The highest BCUT2D eigenvalue weighted by Gasteiger charge is 2.34. The van der Waals surface area contributed by atoms with Crippen LogP contribution in [0.4, 0.5) is 13.2 Å². The number of hydrogen-bond acceptors (Lipinski definition) is 0. The van der Waals surface area contributed by atoms with Crippen LogP contribution in [0.1, 0.15) is 29.3 Å². The number of alkyl halides is 4. The molecule has 82 valence electrons. The molecule has 0 saturated heterocycles. The summed E-state index contributed by atoms with van der Waals surface area (Å²) in [5, 5.41) is -0.271. The standard InChI is InChI=1S/C11H10ClF3/c12-10(7-4-5-7)8-2-1-3-9(6-8)11(13,14)15/h1-3,6-7,10H,4-5H2/t10-/m0/s1. The van der Waals surface area contributed by atoms with Crippen LogP contribution in [0.5, 0.6) is 0 Å². The van der Waals surface area contributed by atoms with Crippen LogP contribution < -0.4 is 0 Å². The minimum atomic E-state index is -4.28. The van der Waals surface area contributed by atoms with E-state index >= 15 is 0 Å². The maximum Gasteiger partial charge on any atom is 0.416 e. The normalized spacial score (nSPS) is 18.9. The van der Waals surface area contributed by atoms with Crippen LogP contribution in [0, 0.1) is 5.92 Å². The minimum absolute atomic E-state index is 0.271. The Bertz CT molecular complexity index is 355. The van der Waals surface area contributed by atoms with E-state index in [-0.39, 0.29) is 5.38 Å². The lowest BCUT2D eigenvalue weighted by molar-refractivity contribution is -0.137. The zero-order valence-corrected chi connectivity index (χ0v) is 8.65. The third-order valence-corrected chi connectivity index (χ3v) is 3.18. The van der Waals surface area contributed by atoms with Crippen molar-refractivity contribution in [3.63, 3.8) is 0 Å². The first-order valence-corrected chi connectivity index (χ1v) is 5.23. The highest BCUT2D eigenvalue weighted by molar-refractivity contribution is 6.21. The van der Waals surface area contributed by atoms with E-state index in [4.69, 9.17) is 11.6 Å². The van der Waals surface area contributed by atoms with Crippen LogP contribution in [0.2, 0.25) is 0 Å². The van der Waals surface area contributed by atoms with Crippen molar-refractivity contribution in [2.24, 2.45) is 5.92 Å². The van der Waals surface area contributed by atoms with E-state index in [1.165, 1.54) is 6.07 Å². The quantitative estimate of drug-likeness (QED) is 0.666. The lowest BCUT2D eigenvalue weighted by Crippen LogP contribution is -2.06. The van der Waals surface area contributed by atoms with Crippen molar-refractivity contribution in [3.05, 3.63) is 35.4 Å². The molecule has 1 aromatic rings. The second-order valence-electron chi connectivity index (χ2n) is 3.86. The van der Waals surface area contributed by atoms with Crippen LogP contribution in [-0.2, 0) is 6.18 Å². The molecule has 1 atom stereocenters. The van der Waals surface area contributed by atoms with E-state index in [0.717, 1.165) is 25.0 Å². The van der Waals surface area contributed by atoms with E-state index in [2.05, 4.69) is 0 Å². The van der Waals surface area contributed by atoms with E-state index in [9.17, 15) is 13.2 Å². The zero-order valence-electron chi connectivity index (χ0n) is 7.89. The third-order valence-electron chi connectivity index (χ3n) is 2.57. The highest BCUT2D eigenvalue weighted by Crippen LogP contribution is 2.45. The first-order valence-electron chi connectivity index (χ1n) is 4.80. The Balaban J connectivity index is 2.25. The molecular formula is C11H10ClF3. The molecule has 0 amide bonds. The molecule has 0 aromatic heterocycles. The second kappa shape index (κ2) is 3.71. The zero-order chi connectivity index (χ0) is 11.1. The minimum Gasteiger partial charge on any atom is -0.166 e. The van der Waals surface area contributed by atoms with Gasteiger partial charge in [-0.25, -0.2) is 0 Å². The van der Waals surface area contributed by atoms with Gasteiger partial charge in [-0.3, -0.25) is 0 Å². The van der Waals surface area contributed by atoms with Gasteiger partial charge in [0.25, 0.3) is 0 Å². The molecule has 0 nitrogen and oxygen atoms in total. The van der Waals surface area contributed by atoms with Crippen molar-refractivity contribution >= 4 is 11.6 Å². The Morgan fingerprint density at radius 2 is 1.93 bits per heavy atom. The van der Waals surface area contributed by atoms with Crippen LogP contribution in [0.25, 0.3) is 0 Å². The molecular weight excluding hydrogens is 225 g/mol. The summed E-state index contributed by atoms with van der Waals surface area (Å²) in [6.45, 7) is 0. The largest absolute Gasteiger partial charge is 0.416 e. The van der Waals surface area contributed by atoms with Crippen LogP contribution in [0.15, 0.2) is 24.3 Å². The van der Waals surface area contributed by atoms with Crippen molar-refractivity contribution < 1.29 is 13.2 Å². The van der Waals surface area contributed by atoms with Crippen molar-refractivity contribution in [3.8, 4) is 0 Å². The summed E-state index contributed by atoms with van der Waals surface area (Å²) in [5.74, 6) is 0.357. The fourth-order valence-corrected chi connectivity index (χ4v) is 1.94. The summed E-state index contributed by atoms with van der Waals surface area (Å²) in [6, 6.07) is 5.29. The van der Waals surface area contributed by atoms with Gasteiger partial charge in [-0.05, 0) is 30.4 Å². The molecule has 2 rings (SSSR count). The first kappa shape index (κ1) is 10.8. The van der Waals surface area contributed by atoms with Crippen molar-refractivity contribution in [2.75, 3.05) is 0 Å². The van der Waals surface area contributed by atoms with Crippen LogP contribution >= 0.6 is 11.6 Å². The number of hydrogen-bond donors (Lipinski definition) is 0. The van der Waals surface area contributed by atoms with Gasteiger partial charge in [0.15, 0.2) is 0 Å². The third kappa shape index (κ3) is 2.46. The molecule has 0 spiro atoms. The van der Waals surface area contributed by atoms with Gasteiger partial charge in [0, 0.05) is 0 Å². The summed E-state index contributed by atoms with van der Waals surface area (Å²) >= 11 is 6.06. The molecule has 0 heterocycles. The molecule has 0 radical (unpaired) electrons. The number of benzene rings is 1. The predicted molar refractivity (Wildman–Crippen MR) is 52.8 cm³/mol. The molecule has 1 saturated carbocycles. The lowest BCUT2D eigenvalue weighted by atomic mass is 10.1. The summed E-state index contributed by atoms with van der Waals surface area (Å²) in [4.78, 5) is 0. The molecule has 1 aromatic carbocycles. The monoisotopic (exact) mass is 234 g/mol. The summed E-state index contributed by atoms with van der Waals surface area (Å²) < 4.78 is 37.2. The van der Waals surface area contributed by atoms with Gasteiger partial charge in [0.05, 0.1) is 10.9 Å². The van der Waals surface area contributed by atoms with E-state index in [0.29, 0.717) is 11.5 Å². The lowest BCUT2D eigenvalue weighted by Gasteiger charge is -2.11. The average molecular weight is 235 g/mol. The Kier molecular flexibility index (Phi) is 2.67. The van der Waals surface area contributed by atoms with Crippen molar-refractivity contribution in [2.45, 2.75) is 24.4 Å². The fraction of sp³-hybridized carbons (Fsp3) is 0.455. The van der Waals surface area contributed by atoms with E-state index in [1.807, 2.05) is 0 Å². The van der Waals surface area contributed by atoms with E-state index in [1.54, 1.807) is 6.07 Å². The number of rotatable bonds is 2. The molecule has 0 bridgehead atoms. The molecule has 1 aliphatic carbocycles. The summed E-state index contributed by atoms with van der Waals surface area (Å²) in [6.07, 6.45) is -2.25. The van der Waals surface area contributed by atoms with Gasteiger partial charge in [-0.2, -0.15) is 13.2 Å². The molecule has 1 fully saturated rings. The smallest absolute Gasteiger partial charge is 0.166 e. The molecule has 1 aliphatic rings. The molecule has 15 heavy (non-hydrogen) atoms. The maximum absolute atomic E-state index is 12.4.